The maximum Gasteiger partial charge on any atom is 0.118 e. The molecule has 1 N–H and O–H groups in total. The molecule has 0 amide bonds. The quantitative estimate of drug-likeness (QED) is 0.859. The smallest absolute Gasteiger partial charge is 0.118 e. The molecule has 0 bridgehead atoms. The SMILES string of the molecule is COc1ccc(CC(C)NC(C)c2ccsc2)cc1. The van der Waals surface area contributed by atoms with E-state index < -0.39 is 0 Å². The minimum Gasteiger partial charge on any atom is -0.497 e. The second kappa shape index (κ2) is 6.73. The summed E-state index contributed by atoms with van der Waals surface area (Å²) in [6, 6.07) is 11.3. The van der Waals surface area contributed by atoms with Gasteiger partial charge in [-0.25, -0.2) is 0 Å². The normalized spacial score (nSPS) is 14.1. The van der Waals surface area contributed by atoms with E-state index in [1.807, 2.05) is 12.1 Å². The van der Waals surface area contributed by atoms with Crippen LogP contribution in [0.15, 0.2) is 41.1 Å². The van der Waals surface area contributed by atoms with E-state index in [9.17, 15) is 0 Å². The molecule has 0 aliphatic rings. The van der Waals surface area contributed by atoms with Crippen molar-refractivity contribution in [3.8, 4) is 5.75 Å². The third-order valence-corrected chi connectivity index (χ3v) is 3.98. The van der Waals surface area contributed by atoms with Crippen LogP contribution in [0.2, 0.25) is 0 Å². The third kappa shape index (κ3) is 4.08. The summed E-state index contributed by atoms with van der Waals surface area (Å²) in [6.07, 6.45) is 1.03. The van der Waals surface area contributed by atoms with E-state index in [0.717, 1.165) is 12.2 Å². The molecule has 0 fully saturated rings. The number of rotatable bonds is 6. The molecule has 102 valence electrons. The van der Waals surface area contributed by atoms with E-state index in [4.69, 9.17) is 4.74 Å². The number of hydrogen-bond donors (Lipinski definition) is 1. The molecule has 2 atom stereocenters. The molecule has 0 aliphatic carbocycles. The summed E-state index contributed by atoms with van der Waals surface area (Å²) in [5.74, 6) is 0.913. The van der Waals surface area contributed by atoms with Crippen LogP contribution in [-0.2, 0) is 6.42 Å². The molecule has 2 unspecified atom stereocenters. The summed E-state index contributed by atoms with van der Waals surface area (Å²) in [5, 5.41) is 7.97. The molecular formula is C16H21NOS. The van der Waals surface area contributed by atoms with E-state index in [0.29, 0.717) is 12.1 Å². The monoisotopic (exact) mass is 275 g/mol. The first-order valence-corrected chi connectivity index (χ1v) is 7.54. The van der Waals surface area contributed by atoms with Gasteiger partial charge in [-0.05, 0) is 60.4 Å². The van der Waals surface area contributed by atoms with Crippen molar-refractivity contribution in [3.05, 3.63) is 52.2 Å². The van der Waals surface area contributed by atoms with Gasteiger partial charge in [0.15, 0.2) is 0 Å². The Morgan fingerprint density at radius 1 is 1.16 bits per heavy atom. The van der Waals surface area contributed by atoms with Crippen molar-refractivity contribution in [2.24, 2.45) is 0 Å². The summed E-state index contributed by atoms with van der Waals surface area (Å²) in [5.41, 5.74) is 2.70. The Hall–Kier alpha value is -1.32. The maximum absolute atomic E-state index is 5.17. The second-order valence-corrected chi connectivity index (χ2v) is 5.68. The largest absolute Gasteiger partial charge is 0.497 e. The minimum absolute atomic E-state index is 0.402. The average Bonchev–Trinajstić information content (AvgIpc) is 2.93. The zero-order valence-electron chi connectivity index (χ0n) is 11.7. The van der Waals surface area contributed by atoms with Crippen molar-refractivity contribution in [1.82, 2.24) is 5.32 Å². The van der Waals surface area contributed by atoms with Crippen LogP contribution in [0.4, 0.5) is 0 Å². The van der Waals surface area contributed by atoms with Crippen LogP contribution in [0.5, 0.6) is 5.75 Å². The number of nitrogens with one attached hydrogen (secondary N) is 1. The first kappa shape index (κ1) is 14.1. The Labute approximate surface area is 119 Å². The highest BCUT2D eigenvalue weighted by Crippen LogP contribution is 2.17. The highest BCUT2D eigenvalue weighted by atomic mass is 32.1. The molecule has 2 aromatic rings. The Morgan fingerprint density at radius 2 is 1.89 bits per heavy atom. The van der Waals surface area contributed by atoms with Gasteiger partial charge in [-0.15, -0.1) is 0 Å². The Bertz CT molecular complexity index is 478. The number of thiophene rings is 1. The Morgan fingerprint density at radius 3 is 2.47 bits per heavy atom. The summed E-state index contributed by atoms with van der Waals surface area (Å²) >= 11 is 1.75. The first-order valence-electron chi connectivity index (χ1n) is 6.60. The van der Waals surface area contributed by atoms with Gasteiger partial charge in [-0.1, -0.05) is 12.1 Å². The van der Waals surface area contributed by atoms with Crippen LogP contribution in [0, 0.1) is 0 Å². The van der Waals surface area contributed by atoms with Crippen LogP contribution in [0.1, 0.15) is 31.0 Å². The maximum atomic E-state index is 5.17. The van der Waals surface area contributed by atoms with Crippen molar-refractivity contribution in [2.45, 2.75) is 32.4 Å². The van der Waals surface area contributed by atoms with Gasteiger partial charge in [0.25, 0.3) is 0 Å². The van der Waals surface area contributed by atoms with E-state index in [1.165, 1.54) is 11.1 Å². The summed E-state index contributed by atoms with van der Waals surface area (Å²) < 4.78 is 5.17. The average molecular weight is 275 g/mol. The third-order valence-electron chi connectivity index (χ3n) is 3.28. The standard InChI is InChI=1S/C16H21NOS/c1-12(17-13(2)15-8-9-19-11-15)10-14-4-6-16(18-3)7-5-14/h4-9,11-13,17H,10H2,1-3H3. The highest BCUT2D eigenvalue weighted by Gasteiger charge is 2.10. The van der Waals surface area contributed by atoms with Gasteiger partial charge in [0.05, 0.1) is 7.11 Å². The van der Waals surface area contributed by atoms with Gasteiger partial charge in [-0.2, -0.15) is 11.3 Å². The van der Waals surface area contributed by atoms with E-state index in [-0.39, 0.29) is 0 Å². The predicted molar refractivity (Wildman–Crippen MR) is 82.0 cm³/mol. The summed E-state index contributed by atoms with van der Waals surface area (Å²) in [7, 11) is 1.70. The molecule has 1 heterocycles. The first-order chi connectivity index (χ1) is 9.19. The van der Waals surface area contributed by atoms with E-state index >= 15 is 0 Å². The molecular weight excluding hydrogens is 254 g/mol. The van der Waals surface area contributed by atoms with Gasteiger partial charge in [0.2, 0.25) is 0 Å². The van der Waals surface area contributed by atoms with Gasteiger partial charge >= 0.3 is 0 Å². The number of hydrogen-bond acceptors (Lipinski definition) is 3. The fourth-order valence-corrected chi connectivity index (χ4v) is 2.97. The van der Waals surface area contributed by atoms with Crippen LogP contribution >= 0.6 is 11.3 Å². The van der Waals surface area contributed by atoms with Crippen molar-refractivity contribution >= 4 is 11.3 Å². The number of benzene rings is 1. The molecule has 3 heteroatoms. The molecule has 2 rings (SSSR count). The minimum atomic E-state index is 0.402. The lowest BCUT2D eigenvalue weighted by molar-refractivity contribution is 0.414. The zero-order chi connectivity index (χ0) is 13.7. The highest BCUT2D eigenvalue weighted by molar-refractivity contribution is 7.07. The lowest BCUT2D eigenvalue weighted by atomic mass is 10.1. The molecule has 0 aliphatic heterocycles. The van der Waals surface area contributed by atoms with E-state index in [1.54, 1.807) is 18.4 Å². The van der Waals surface area contributed by atoms with Gasteiger partial charge < -0.3 is 10.1 Å². The molecule has 0 saturated heterocycles. The van der Waals surface area contributed by atoms with Crippen molar-refractivity contribution in [2.75, 3.05) is 7.11 Å². The number of ether oxygens (including phenoxy) is 1. The van der Waals surface area contributed by atoms with Gasteiger partial charge in [0.1, 0.15) is 5.75 Å². The molecule has 2 nitrogen and oxygen atoms in total. The molecule has 0 saturated carbocycles. The van der Waals surface area contributed by atoms with Crippen LogP contribution in [0.3, 0.4) is 0 Å². The molecule has 1 aromatic carbocycles. The summed E-state index contributed by atoms with van der Waals surface area (Å²) in [6.45, 7) is 4.44. The van der Waals surface area contributed by atoms with E-state index in [2.05, 4.69) is 48.1 Å². The van der Waals surface area contributed by atoms with Gasteiger partial charge in [0, 0.05) is 12.1 Å². The molecule has 0 radical (unpaired) electrons. The molecule has 1 aromatic heterocycles. The van der Waals surface area contributed by atoms with Crippen molar-refractivity contribution in [3.63, 3.8) is 0 Å². The lowest BCUT2D eigenvalue weighted by Gasteiger charge is -2.19. The predicted octanol–water partition coefficient (Wildman–Crippen LogP) is 4.04. The van der Waals surface area contributed by atoms with Gasteiger partial charge in [-0.3, -0.25) is 0 Å². The van der Waals surface area contributed by atoms with Crippen molar-refractivity contribution in [1.29, 1.82) is 0 Å². The summed E-state index contributed by atoms with van der Waals surface area (Å²) in [4.78, 5) is 0. The Balaban J connectivity index is 1.88. The topological polar surface area (TPSA) is 21.3 Å². The second-order valence-electron chi connectivity index (χ2n) is 4.90. The zero-order valence-corrected chi connectivity index (χ0v) is 12.5. The molecule has 19 heavy (non-hydrogen) atoms. The van der Waals surface area contributed by atoms with Crippen LogP contribution in [-0.4, -0.2) is 13.2 Å². The van der Waals surface area contributed by atoms with Crippen molar-refractivity contribution < 1.29 is 4.74 Å². The fourth-order valence-electron chi connectivity index (χ4n) is 2.22. The number of methoxy groups -OCH3 is 1. The Kier molecular flexibility index (Phi) is 5.00. The lowest BCUT2D eigenvalue weighted by Crippen LogP contribution is -2.30. The van der Waals surface area contributed by atoms with Crippen LogP contribution < -0.4 is 10.1 Å². The fraction of sp³-hybridized carbons (Fsp3) is 0.375. The van der Waals surface area contributed by atoms with Crippen LogP contribution in [0.25, 0.3) is 0 Å². The molecule has 0 spiro atoms.